The lowest BCUT2D eigenvalue weighted by Crippen LogP contribution is -2.32. The molecule has 0 N–H and O–H groups in total. The van der Waals surface area contributed by atoms with Crippen molar-refractivity contribution in [3.63, 3.8) is 0 Å². The van der Waals surface area contributed by atoms with Crippen molar-refractivity contribution >= 4 is 29.6 Å². The van der Waals surface area contributed by atoms with E-state index < -0.39 is 29.3 Å². The number of allylic oxidation sites excluding steroid dienone is 1. The van der Waals surface area contributed by atoms with Crippen LogP contribution in [0.3, 0.4) is 0 Å². The predicted octanol–water partition coefficient (Wildman–Crippen LogP) is 4.17. The number of ether oxygens (including phenoxy) is 2. The van der Waals surface area contributed by atoms with Gasteiger partial charge in [0.1, 0.15) is 17.3 Å². The van der Waals surface area contributed by atoms with Crippen LogP contribution in [0.2, 0.25) is 5.02 Å². The van der Waals surface area contributed by atoms with Gasteiger partial charge in [0.05, 0.1) is 17.8 Å². The Labute approximate surface area is 179 Å². The highest BCUT2D eigenvalue weighted by molar-refractivity contribution is 6.32. The molecule has 0 spiro atoms. The zero-order valence-corrected chi connectivity index (χ0v) is 17.2. The fraction of sp³-hybridized carbons (Fsp3) is 0.211. The van der Waals surface area contributed by atoms with Gasteiger partial charge in [0, 0.05) is 32.4 Å². The van der Waals surface area contributed by atoms with Gasteiger partial charge in [-0.05, 0) is 18.2 Å². The standard InChI is InChI=1S/C19H16ClF4N3O4/c1-26(10-28)16(19(22,23)24)9-17(29)27(2)13-8-15(11(20)7-12(13)21)31-14-5-4-6-25-18(14)30-3/h4-10H,1-3H3/b16-9-. The van der Waals surface area contributed by atoms with Crippen LogP contribution in [0, 0.1) is 5.82 Å². The Morgan fingerprint density at radius 2 is 1.90 bits per heavy atom. The van der Waals surface area contributed by atoms with Crippen LogP contribution in [-0.4, -0.2) is 49.6 Å². The summed E-state index contributed by atoms with van der Waals surface area (Å²) in [6.45, 7) is 0. The molecule has 0 bridgehead atoms. The molecule has 0 aliphatic rings. The molecule has 0 aliphatic carbocycles. The van der Waals surface area contributed by atoms with E-state index in [0.29, 0.717) is 4.90 Å². The lowest BCUT2D eigenvalue weighted by molar-refractivity contribution is -0.130. The van der Waals surface area contributed by atoms with Crippen LogP contribution in [0.25, 0.3) is 0 Å². The van der Waals surface area contributed by atoms with Gasteiger partial charge in [-0.3, -0.25) is 9.59 Å². The van der Waals surface area contributed by atoms with E-state index in [1.54, 1.807) is 6.07 Å². The molecular formula is C19H16ClF4N3O4. The average Bonchev–Trinajstić information content (AvgIpc) is 2.72. The van der Waals surface area contributed by atoms with E-state index in [2.05, 4.69) is 4.98 Å². The number of likely N-dealkylation sites (N-methyl/N-ethyl adjacent to an activating group) is 1. The number of rotatable bonds is 7. The monoisotopic (exact) mass is 461 g/mol. The molecule has 1 aromatic heterocycles. The zero-order chi connectivity index (χ0) is 23.3. The molecule has 0 saturated carbocycles. The van der Waals surface area contributed by atoms with Crippen molar-refractivity contribution in [3.05, 3.63) is 53.1 Å². The number of carbonyl (C=O) groups is 2. The Bertz CT molecular complexity index is 1010. The number of benzene rings is 1. The second kappa shape index (κ2) is 9.65. The normalized spacial score (nSPS) is 11.7. The summed E-state index contributed by atoms with van der Waals surface area (Å²) in [5.41, 5.74) is -1.94. The fourth-order valence-electron chi connectivity index (χ4n) is 2.35. The van der Waals surface area contributed by atoms with E-state index in [4.69, 9.17) is 21.1 Å². The van der Waals surface area contributed by atoms with E-state index in [0.717, 1.165) is 26.2 Å². The molecule has 0 aliphatic heterocycles. The number of nitrogens with zero attached hydrogens (tertiary/aromatic N) is 3. The van der Waals surface area contributed by atoms with Crippen molar-refractivity contribution in [1.29, 1.82) is 0 Å². The second-order valence-electron chi connectivity index (χ2n) is 5.99. The minimum absolute atomic E-state index is 0.100. The van der Waals surface area contributed by atoms with Gasteiger partial charge in [-0.2, -0.15) is 13.2 Å². The number of halogens is 5. The third-order valence-electron chi connectivity index (χ3n) is 3.93. The third-order valence-corrected chi connectivity index (χ3v) is 4.23. The van der Waals surface area contributed by atoms with Crippen molar-refractivity contribution in [2.24, 2.45) is 0 Å². The third kappa shape index (κ3) is 5.63. The summed E-state index contributed by atoms with van der Waals surface area (Å²) in [7, 11) is 3.23. The number of pyridine rings is 1. The summed E-state index contributed by atoms with van der Waals surface area (Å²) < 4.78 is 64.4. The highest BCUT2D eigenvalue weighted by atomic mass is 35.5. The number of anilines is 1. The molecule has 0 saturated heterocycles. The van der Waals surface area contributed by atoms with Crippen molar-refractivity contribution in [1.82, 2.24) is 9.88 Å². The maximum atomic E-state index is 14.4. The smallest absolute Gasteiger partial charge is 0.431 e. The van der Waals surface area contributed by atoms with Crippen molar-refractivity contribution in [2.75, 3.05) is 26.1 Å². The van der Waals surface area contributed by atoms with Gasteiger partial charge in [-0.25, -0.2) is 9.37 Å². The topological polar surface area (TPSA) is 72.0 Å². The van der Waals surface area contributed by atoms with E-state index in [9.17, 15) is 27.2 Å². The van der Waals surface area contributed by atoms with Crippen LogP contribution in [0.5, 0.6) is 17.4 Å². The molecule has 2 amide bonds. The first kappa shape index (κ1) is 23.9. The largest absolute Gasteiger partial charge is 0.478 e. The molecule has 12 heteroatoms. The molecular weight excluding hydrogens is 446 g/mol. The first-order chi connectivity index (χ1) is 14.5. The number of hydrogen-bond acceptors (Lipinski definition) is 5. The number of alkyl halides is 3. The average molecular weight is 462 g/mol. The summed E-state index contributed by atoms with van der Waals surface area (Å²) >= 11 is 6.00. The molecule has 2 aromatic rings. The molecule has 0 atom stereocenters. The first-order valence-corrected chi connectivity index (χ1v) is 8.78. The van der Waals surface area contributed by atoms with Gasteiger partial charge in [0.2, 0.25) is 6.41 Å². The summed E-state index contributed by atoms with van der Waals surface area (Å²) in [6.07, 6.45) is -3.48. The minimum atomic E-state index is -4.99. The lowest BCUT2D eigenvalue weighted by Gasteiger charge is -2.21. The SMILES string of the molecule is COc1ncccc1Oc1cc(N(C)C(=O)/C=C(\N(C)C=O)C(F)(F)F)c(F)cc1Cl. The second-order valence-corrected chi connectivity index (χ2v) is 6.40. The summed E-state index contributed by atoms with van der Waals surface area (Å²) in [4.78, 5) is 27.8. The first-order valence-electron chi connectivity index (χ1n) is 8.40. The van der Waals surface area contributed by atoms with E-state index in [-0.39, 0.29) is 39.8 Å². The number of methoxy groups -OCH3 is 1. The van der Waals surface area contributed by atoms with E-state index >= 15 is 0 Å². The molecule has 31 heavy (non-hydrogen) atoms. The van der Waals surface area contributed by atoms with Crippen LogP contribution in [0.15, 0.2) is 42.2 Å². The molecule has 0 fully saturated rings. The van der Waals surface area contributed by atoms with Gasteiger partial charge >= 0.3 is 6.18 Å². The van der Waals surface area contributed by atoms with Crippen LogP contribution in [0.4, 0.5) is 23.2 Å². The minimum Gasteiger partial charge on any atom is -0.478 e. The number of amides is 2. The van der Waals surface area contributed by atoms with Crippen molar-refractivity contribution in [3.8, 4) is 17.4 Å². The Morgan fingerprint density at radius 3 is 2.48 bits per heavy atom. The summed E-state index contributed by atoms with van der Waals surface area (Å²) in [6, 6.07) is 4.91. The van der Waals surface area contributed by atoms with Crippen molar-refractivity contribution < 1.29 is 36.6 Å². The Balaban J connectivity index is 2.43. The number of hydrogen-bond donors (Lipinski definition) is 0. The Kier molecular flexibility index (Phi) is 7.45. The van der Waals surface area contributed by atoms with E-state index in [1.807, 2.05) is 0 Å². The van der Waals surface area contributed by atoms with Crippen molar-refractivity contribution in [2.45, 2.75) is 6.18 Å². The van der Waals surface area contributed by atoms with E-state index in [1.165, 1.54) is 19.4 Å². The number of carbonyl (C=O) groups excluding carboxylic acids is 2. The molecule has 1 heterocycles. The molecule has 0 unspecified atom stereocenters. The van der Waals surface area contributed by atoms with Crippen LogP contribution < -0.4 is 14.4 Å². The van der Waals surface area contributed by atoms with Crippen LogP contribution in [-0.2, 0) is 9.59 Å². The molecule has 0 radical (unpaired) electrons. The molecule has 166 valence electrons. The van der Waals surface area contributed by atoms with Gasteiger partial charge in [0.25, 0.3) is 11.8 Å². The van der Waals surface area contributed by atoms with Gasteiger partial charge < -0.3 is 19.3 Å². The van der Waals surface area contributed by atoms with Gasteiger partial charge in [0.15, 0.2) is 5.75 Å². The fourth-order valence-corrected chi connectivity index (χ4v) is 2.54. The Morgan fingerprint density at radius 1 is 1.23 bits per heavy atom. The molecule has 1 aromatic carbocycles. The predicted molar refractivity (Wildman–Crippen MR) is 104 cm³/mol. The maximum absolute atomic E-state index is 14.4. The highest BCUT2D eigenvalue weighted by Gasteiger charge is 2.37. The maximum Gasteiger partial charge on any atom is 0.431 e. The molecule has 7 nitrogen and oxygen atoms in total. The highest BCUT2D eigenvalue weighted by Crippen LogP contribution is 2.37. The molecule has 2 rings (SSSR count). The quantitative estimate of drug-likeness (QED) is 0.351. The zero-order valence-electron chi connectivity index (χ0n) is 16.4. The summed E-state index contributed by atoms with van der Waals surface area (Å²) in [5, 5.41) is -0.166. The Hall–Kier alpha value is -3.34. The summed E-state index contributed by atoms with van der Waals surface area (Å²) in [5.74, 6) is -2.10. The lowest BCUT2D eigenvalue weighted by atomic mass is 10.2. The van der Waals surface area contributed by atoms with Gasteiger partial charge in [-0.15, -0.1) is 0 Å². The van der Waals surface area contributed by atoms with Crippen LogP contribution >= 0.6 is 11.6 Å². The van der Waals surface area contributed by atoms with Gasteiger partial charge in [-0.1, -0.05) is 11.6 Å². The van der Waals surface area contributed by atoms with Crippen LogP contribution in [0.1, 0.15) is 0 Å². The number of aromatic nitrogens is 1.